The molecule has 0 fully saturated rings. The first-order valence-electron chi connectivity index (χ1n) is 8.60. The second-order valence-electron chi connectivity index (χ2n) is 6.91. The van der Waals surface area contributed by atoms with Gasteiger partial charge in [0.2, 0.25) is 5.82 Å². The summed E-state index contributed by atoms with van der Waals surface area (Å²) >= 11 is 0. The van der Waals surface area contributed by atoms with Crippen LogP contribution in [0.5, 0.6) is 0 Å². The minimum atomic E-state index is -0.612. The van der Waals surface area contributed by atoms with E-state index in [0.717, 1.165) is 5.56 Å². The third kappa shape index (κ3) is 5.07. The van der Waals surface area contributed by atoms with Crippen LogP contribution in [0.15, 0.2) is 60.7 Å². The lowest BCUT2D eigenvalue weighted by Crippen LogP contribution is -2.37. The lowest BCUT2D eigenvalue weighted by atomic mass is 10.2. The molecule has 7 nitrogen and oxygen atoms in total. The molecule has 0 bridgehead atoms. The molecule has 1 amide bonds. The monoisotopic (exact) mass is 363 g/mol. The van der Waals surface area contributed by atoms with Crippen LogP contribution in [0.1, 0.15) is 26.6 Å². The number of hydrogen-bond donors (Lipinski definition) is 0. The Morgan fingerprint density at radius 2 is 1.44 bits per heavy atom. The van der Waals surface area contributed by atoms with Crippen LogP contribution >= 0.6 is 0 Å². The van der Waals surface area contributed by atoms with Crippen LogP contribution in [0.4, 0.5) is 10.5 Å². The van der Waals surface area contributed by atoms with Crippen molar-refractivity contribution in [1.29, 1.82) is 0 Å². The molecule has 0 spiro atoms. The van der Waals surface area contributed by atoms with E-state index in [1.165, 1.54) is 4.90 Å². The molecule has 138 valence electrons. The van der Waals surface area contributed by atoms with Crippen molar-refractivity contribution in [2.75, 3.05) is 4.90 Å². The highest BCUT2D eigenvalue weighted by Gasteiger charge is 2.24. The molecule has 0 aliphatic heterocycles. The fourth-order valence-corrected chi connectivity index (χ4v) is 2.34. The Kier molecular flexibility index (Phi) is 5.40. The first-order chi connectivity index (χ1) is 12.9. The predicted octanol–water partition coefficient (Wildman–Crippen LogP) is 3.88. The lowest BCUT2D eigenvalue weighted by Gasteiger charge is -2.26. The molecule has 1 aromatic heterocycles. The first-order valence-corrected chi connectivity index (χ1v) is 8.60. The van der Waals surface area contributed by atoms with E-state index in [9.17, 15) is 4.79 Å². The van der Waals surface area contributed by atoms with Gasteiger partial charge in [-0.25, -0.2) is 4.79 Å². The largest absolute Gasteiger partial charge is 0.443 e. The van der Waals surface area contributed by atoms with E-state index in [1.54, 1.807) is 0 Å². The number of benzene rings is 2. The molecular formula is C20H21N5O2. The normalized spacial score (nSPS) is 11.1. The fourth-order valence-electron chi connectivity index (χ4n) is 2.34. The van der Waals surface area contributed by atoms with Crippen molar-refractivity contribution in [3.8, 4) is 11.4 Å². The number of para-hydroxylation sites is 1. The van der Waals surface area contributed by atoms with Crippen molar-refractivity contribution in [1.82, 2.24) is 20.4 Å². The molecular weight excluding hydrogens is 342 g/mol. The molecule has 3 rings (SSSR count). The number of aromatic nitrogens is 4. The second-order valence-corrected chi connectivity index (χ2v) is 6.91. The molecule has 7 heteroatoms. The summed E-state index contributed by atoms with van der Waals surface area (Å²) in [6.45, 7) is 5.57. The molecule has 3 aromatic rings. The zero-order valence-corrected chi connectivity index (χ0v) is 15.5. The summed E-state index contributed by atoms with van der Waals surface area (Å²) in [4.78, 5) is 14.1. The van der Waals surface area contributed by atoms with Crippen molar-refractivity contribution in [3.05, 3.63) is 66.5 Å². The summed E-state index contributed by atoms with van der Waals surface area (Å²) in [6, 6.07) is 18.7. The summed E-state index contributed by atoms with van der Waals surface area (Å²) in [7, 11) is 0. The highest BCUT2D eigenvalue weighted by Crippen LogP contribution is 2.20. The smallest absolute Gasteiger partial charge is 0.415 e. The lowest BCUT2D eigenvalue weighted by molar-refractivity contribution is 0.0576. The Morgan fingerprint density at radius 3 is 2.00 bits per heavy atom. The van der Waals surface area contributed by atoms with Crippen molar-refractivity contribution < 1.29 is 9.53 Å². The third-order valence-corrected chi connectivity index (χ3v) is 3.53. The Bertz CT molecular complexity index is 878. The van der Waals surface area contributed by atoms with Gasteiger partial charge in [-0.05, 0) is 32.9 Å². The number of carbonyl (C=O) groups is 1. The minimum Gasteiger partial charge on any atom is -0.443 e. The van der Waals surface area contributed by atoms with Gasteiger partial charge >= 0.3 is 6.09 Å². The Morgan fingerprint density at radius 1 is 0.889 bits per heavy atom. The van der Waals surface area contributed by atoms with Crippen LogP contribution in [-0.2, 0) is 11.3 Å². The maximum absolute atomic E-state index is 12.7. The van der Waals surface area contributed by atoms with Crippen LogP contribution in [0.3, 0.4) is 0 Å². The van der Waals surface area contributed by atoms with E-state index in [-0.39, 0.29) is 6.54 Å². The highest BCUT2D eigenvalue weighted by atomic mass is 16.6. The average Bonchev–Trinajstić information content (AvgIpc) is 2.66. The predicted molar refractivity (Wildman–Crippen MR) is 102 cm³/mol. The summed E-state index contributed by atoms with van der Waals surface area (Å²) in [5.74, 6) is 0.757. The second kappa shape index (κ2) is 7.90. The Hall–Kier alpha value is -3.35. The number of anilines is 1. The van der Waals surface area contributed by atoms with Gasteiger partial charge in [0.05, 0.1) is 6.54 Å². The standard InChI is InChI=1S/C20H21N5O2/c1-20(2,3)27-19(26)25(16-12-8-5-9-13-16)14-17-21-23-18(24-22-17)15-10-6-4-7-11-15/h4-13H,14H2,1-3H3. The molecule has 0 unspecified atom stereocenters. The van der Waals surface area contributed by atoms with Gasteiger partial charge < -0.3 is 4.74 Å². The summed E-state index contributed by atoms with van der Waals surface area (Å²) in [5, 5.41) is 16.5. The maximum Gasteiger partial charge on any atom is 0.415 e. The number of nitrogens with zero attached hydrogens (tertiary/aromatic N) is 5. The molecule has 0 saturated heterocycles. The van der Waals surface area contributed by atoms with Gasteiger partial charge in [-0.1, -0.05) is 48.5 Å². The molecule has 1 heterocycles. The van der Waals surface area contributed by atoms with Crippen LogP contribution in [0.25, 0.3) is 11.4 Å². The topological polar surface area (TPSA) is 81.1 Å². The average molecular weight is 363 g/mol. The van der Waals surface area contributed by atoms with Gasteiger partial charge in [-0.15, -0.1) is 20.4 Å². The molecule has 0 saturated carbocycles. The van der Waals surface area contributed by atoms with Gasteiger partial charge in [0.25, 0.3) is 0 Å². The van der Waals surface area contributed by atoms with Crippen LogP contribution in [0, 0.1) is 0 Å². The van der Waals surface area contributed by atoms with Crippen molar-refractivity contribution in [3.63, 3.8) is 0 Å². The fraction of sp³-hybridized carbons (Fsp3) is 0.250. The highest BCUT2D eigenvalue weighted by molar-refractivity contribution is 5.87. The van der Waals surface area contributed by atoms with Crippen LogP contribution in [-0.4, -0.2) is 32.1 Å². The number of amides is 1. The van der Waals surface area contributed by atoms with E-state index >= 15 is 0 Å². The van der Waals surface area contributed by atoms with E-state index in [2.05, 4.69) is 20.4 Å². The SMILES string of the molecule is CC(C)(C)OC(=O)N(Cc1nnc(-c2ccccc2)nn1)c1ccccc1. The van der Waals surface area contributed by atoms with Crippen LogP contribution < -0.4 is 4.90 Å². The van der Waals surface area contributed by atoms with E-state index in [0.29, 0.717) is 17.3 Å². The molecule has 0 radical (unpaired) electrons. The summed E-state index contributed by atoms with van der Waals surface area (Å²) in [5.41, 5.74) is 0.900. The summed E-state index contributed by atoms with van der Waals surface area (Å²) in [6.07, 6.45) is -0.482. The molecule has 2 aromatic carbocycles. The van der Waals surface area contributed by atoms with Crippen LogP contribution in [0.2, 0.25) is 0 Å². The molecule has 0 aliphatic carbocycles. The van der Waals surface area contributed by atoms with Crippen molar-refractivity contribution in [2.24, 2.45) is 0 Å². The minimum absolute atomic E-state index is 0.105. The molecule has 0 aliphatic rings. The first kappa shape index (κ1) is 18.4. The van der Waals surface area contributed by atoms with Crippen molar-refractivity contribution >= 4 is 11.8 Å². The molecule has 0 atom stereocenters. The van der Waals surface area contributed by atoms with Gasteiger partial charge in [0, 0.05) is 11.3 Å². The quantitative estimate of drug-likeness (QED) is 0.700. The molecule has 27 heavy (non-hydrogen) atoms. The van der Waals surface area contributed by atoms with E-state index < -0.39 is 11.7 Å². The van der Waals surface area contributed by atoms with Gasteiger partial charge in [-0.3, -0.25) is 4.90 Å². The van der Waals surface area contributed by atoms with E-state index in [4.69, 9.17) is 4.74 Å². The number of hydrogen-bond acceptors (Lipinski definition) is 6. The number of ether oxygens (including phenoxy) is 1. The van der Waals surface area contributed by atoms with Gasteiger partial charge in [-0.2, -0.15) is 0 Å². The van der Waals surface area contributed by atoms with E-state index in [1.807, 2.05) is 81.4 Å². The maximum atomic E-state index is 12.7. The number of rotatable bonds is 4. The van der Waals surface area contributed by atoms with Crippen molar-refractivity contribution in [2.45, 2.75) is 32.9 Å². The van der Waals surface area contributed by atoms with Gasteiger partial charge in [0.15, 0.2) is 5.82 Å². The zero-order chi connectivity index (χ0) is 19.3. The number of carbonyl (C=O) groups excluding carboxylic acids is 1. The summed E-state index contributed by atoms with van der Waals surface area (Å²) < 4.78 is 5.51. The Labute approximate surface area is 158 Å². The van der Waals surface area contributed by atoms with Gasteiger partial charge in [0.1, 0.15) is 5.60 Å². The Balaban J connectivity index is 1.82. The zero-order valence-electron chi connectivity index (χ0n) is 15.5. The molecule has 0 N–H and O–H groups in total. The third-order valence-electron chi connectivity index (χ3n) is 3.53.